The molecule has 1 aliphatic heterocycles. The van der Waals surface area contributed by atoms with Crippen molar-refractivity contribution in [3.63, 3.8) is 0 Å². The zero-order valence-corrected chi connectivity index (χ0v) is 9.19. The molecule has 6 heteroatoms. The molecule has 84 valence electrons. The van der Waals surface area contributed by atoms with E-state index in [1.165, 1.54) is 0 Å². The summed E-state index contributed by atoms with van der Waals surface area (Å²) >= 11 is 0. The average Bonchev–Trinajstić information content (AvgIpc) is 2.81. The quantitative estimate of drug-likeness (QED) is 0.713. The van der Waals surface area contributed by atoms with Crippen molar-refractivity contribution >= 4 is 0 Å². The van der Waals surface area contributed by atoms with Crippen LogP contribution >= 0.6 is 0 Å². The van der Waals surface area contributed by atoms with E-state index in [0.717, 1.165) is 43.4 Å². The molecule has 3 rings (SSSR count). The molecule has 2 aromatic heterocycles. The largest absolute Gasteiger partial charge is 0.333 e. The fourth-order valence-corrected chi connectivity index (χ4v) is 1.94. The molecule has 0 spiro atoms. The van der Waals surface area contributed by atoms with E-state index in [1.807, 2.05) is 13.1 Å². The van der Waals surface area contributed by atoms with Crippen molar-refractivity contribution in [2.45, 2.75) is 19.9 Å². The van der Waals surface area contributed by atoms with Gasteiger partial charge in [-0.1, -0.05) is 0 Å². The van der Waals surface area contributed by atoms with E-state index in [4.69, 9.17) is 0 Å². The van der Waals surface area contributed by atoms with Gasteiger partial charge in [-0.3, -0.25) is 5.10 Å². The third kappa shape index (κ3) is 1.61. The molecule has 0 saturated carbocycles. The number of imidazole rings is 1. The molecule has 6 nitrogen and oxygen atoms in total. The molecule has 0 aromatic carbocycles. The number of aromatic amines is 1. The van der Waals surface area contributed by atoms with Gasteiger partial charge < -0.3 is 9.88 Å². The van der Waals surface area contributed by atoms with Crippen molar-refractivity contribution in [1.82, 2.24) is 30.0 Å². The number of aromatic nitrogens is 5. The van der Waals surface area contributed by atoms with Crippen LogP contribution in [0.5, 0.6) is 0 Å². The predicted molar refractivity (Wildman–Crippen MR) is 58.9 cm³/mol. The lowest BCUT2D eigenvalue weighted by molar-refractivity contribution is 0.646. The molecule has 2 N–H and O–H groups in total. The molecule has 0 saturated heterocycles. The van der Waals surface area contributed by atoms with Gasteiger partial charge in [-0.05, 0) is 6.92 Å². The highest BCUT2D eigenvalue weighted by molar-refractivity contribution is 5.47. The monoisotopic (exact) mass is 218 g/mol. The van der Waals surface area contributed by atoms with Crippen molar-refractivity contribution in [2.75, 3.05) is 13.1 Å². The van der Waals surface area contributed by atoms with Gasteiger partial charge in [-0.15, -0.1) is 0 Å². The lowest BCUT2D eigenvalue weighted by Crippen LogP contribution is -2.17. The molecule has 0 aliphatic carbocycles. The van der Waals surface area contributed by atoms with E-state index in [9.17, 15) is 0 Å². The van der Waals surface area contributed by atoms with Gasteiger partial charge in [-0.2, -0.15) is 5.10 Å². The fraction of sp³-hybridized carbons (Fsp3) is 0.500. The van der Waals surface area contributed by atoms with Crippen LogP contribution in [0.4, 0.5) is 0 Å². The normalized spacial score (nSPS) is 15.8. The highest BCUT2D eigenvalue weighted by atomic mass is 15.2. The maximum absolute atomic E-state index is 4.57. The topological polar surface area (TPSA) is 71.4 Å². The summed E-state index contributed by atoms with van der Waals surface area (Å²) in [6.45, 7) is 4.84. The number of H-pyrrole nitrogens is 1. The van der Waals surface area contributed by atoms with Crippen LogP contribution < -0.4 is 5.32 Å². The molecule has 2 aromatic rings. The second kappa shape index (κ2) is 3.71. The summed E-state index contributed by atoms with van der Waals surface area (Å²) in [6.07, 6.45) is 2.99. The first kappa shape index (κ1) is 9.53. The Hall–Kier alpha value is -1.69. The maximum Gasteiger partial charge on any atom is 0.201 e. The summed E-state index contributed by atoms with van der Waals surface area (Å²) in [5.74, 6) is 2.62. The first-order chi connectivity index (χ1) is 7.83. The van der Waals surface area contributed by atoms with Gasteiger partial charge in [0.15, 0.2) is 0 Å². The van der Waals surface area contributed by atoms with E-state index in [-0.39, 0.29) is 0 Å². The second-order valence-electron chi connectivity index (χ2n) is 3.98. The molecule has 0 unspecified atom stereocenters. The first-order valence-corrected chi connectivity index (χ1v) is 5.49. The molecule has 0 fully saturated rings. The fourth-order valence-electron chi connectivity index (χ4n) is 1.94. The first-order valence-electron chi connectivity index (χ1n) is 5.49. The summed E-state index contributed by atoms with van der Waals surface area (Å²) in [5.41, 5.74) is 0.862. The smallest absolute Gasteiger partial charge is 0.201 e. The van der Waals surface area contributed by atoms with Crippen molar-refractivity contribution in [2.24, 2.45) is 0 Å². The Kier molecular flexibility index (Phi) is 2.21. The maximum atomic E-state index is 4.57. The Labute approximate surface area is 93.1 Å². The third-order valence-corrected chi connectivity index (χ3v) is 2.74. The molecule has 16 heavy (non-hydrogen) atoms. The Morgan fingerprint density at radius 1 is 1.31 bits per heavy atom. The average molecular weight is 218 g/mol. The predicted octanol–water partition coefficient (Wildman–Crippen LogP) is 0.122. The number of hydrogen-bond acceptors (Lipinski definition) is 4. The number of nitrogens with one attached hydrogen (secondary N) is 2. The van der Waals surface area contributed by atoms with Crippen LogP contribution in [0.25, 0.3) is 11.5 Å². The molecular formula is C10H14N6. The van der Waals surface area contributed by atoms with Crippen LogP contribution in [0, 0.1) is 6.92 Å². The Morgan fingerprint density at radius 2 is 2.25 bits per heavy atom. The summed E-state index contributed by atoms with van der Waals surface area (Å²) in [6, 6.07) is 0. The summed E-state index contributed by atoms with van der Waals surface area (Å²) < 4.78 is 2.18. The number of aryl methyl sites for hydroxylation is 1. The number of nitrogens with zero attached hydrogens (tertiary/aromatic N) is 4. The van der Waals surface area contributed by atoms with E-state index in [2.05, 4.69) is 30.0 Å². The summed E-state index contributed by atoms with van der Waals surface area (Å²) in [5, 5.41) is 10.3. The van der Waals surface area contributed by atoms with Gasteiger partial charge in [0.2, 0.25) is 5.82 Å². The third-order valence-electron chi connectivity index (χ3n) is 2.74. The van der Waals surface area contributed by atoms with Gasteiger partial charge in [0, 0.05) is 32.3 Å². The van der Waals surface area contributed by atoms with Crippen LogP contribution in [-0.2, 0) is 13.0 Å². The van der Waals surface area contributed by atoms with E-state index < -0.39 is 0 Å². The number of rotatable bonds is 1. The van der Waals surface area contributed by atoms with Gasteiger partial charge in [0.1, 0.15) is 17.3 Å². The van der Waals surface area contributed by atoms with Crippen LogP contribution in [-0.4, -0.2) is 37.8 Å². The van der Waals surface area contributed by atoms with Crippen LogP contribution in [0.15, 0.2) is 6.20 Å². The Balaban J connectivity index is 1.98. The number of fused-ring (bicyclic) bond motifs is 1. The second-order valence-corrected chi connectivity index (χ2v) is 3.98. The van der Waals surface area contributed by atoms with Crippen LogP contribution in [0.2, 0.25) is 0 Å². The van der Waals surface area contributed by atoms with Gasteiger partial charge in [0.05, 0.1) is 0 Å². The molecule has 3 heterocycles. The van der Waals surface area contributed by atoms with Crippen molar-refractivity contribution in [1.29, 1.82) is 0 Å². The van der Waals surface area contributed by atoms with Crippen molar-refractivity contribution in [3.8, 4) is 11.5 Å². The SMILES string of the molecule is Cc1nc(-c2cn3c(n2)CCNCC3)n[nH]1. The lowest BCUT2D eigenvalue weighted by Gasteiger charge is -1.98. The molecule has 0 atom stereocenters. The van der Waals surface area contributed by atoms with Gasteiger partial charge in [-0.25, -0.2) is 9.97 Å². The minimum atomic E-state index is 0.686. The van der Waals surface area contributed by atoms with Crippen molar-refractivity contribution in [3.05, 3.63) is 17.8 Å². The zero-order chi connectivity index (χ0) is 11.0. The van der Waals surface area contributed by atoms with E-state index in [0.29, 0.717) is 5.82 Å². The Bertz CT molecular complexity index is 474. The summed E-state index contributed by atoms with van der Waals surface area (Å²) in [7, 11) is 0. The highest BCUT2D eigenvalue weighted by Crippen LogP contribution is 2.15. The molecule has 1 aliphatic rings. The van der Waals surface area contributed by atoms with Crippen LogP contribution in [0.3, 0.4) is 0 Å². The standard InChI is InChI=1S/C10H14N6/c1-7-12-10(15-14-7)8-6-16-5-4-11-3-2-9(16)13-8/h6,11H,2-5H2,1H3,(H,12,14,15). The minimum Gasteiger partial charge on any atom is -0.333 e. The highest BCUT2D eigenvalue weighted by Gasteiger charge is 2.14. The van der Waals surface area contributed by atoms with Gasteiger partial charge >= 0.3 is 0 Å². The van der Waals surface area contributed by atoms with E-state index in [1.54, 1.807) is 0 Å². The minimum absolute atomic E-state index is 0.686. The van der Waals surface area contributed by atoms with Crippen LogP contribution in [0.1, 0.15) is 11.6 Å². The molecule has 0 amide bonds. The zero-order valence-electron chi connectivity index (χ0n) is 9.19. The van der Waals surface area contributed by atoms with Crippen molar-refractivity contribution < 1.29 is 0 Å². The van der Waals surface area contributed by atoms with Gasteiger partial charge in [0.25, 0.3) is 0 Å². The molecule has 0 radical (unpaired) electrons. The lowest BCUT2D eigenvalue weighted by atomic mass is 10.4. The number of hydrogen-bond donors (Lipinski definition) is 2. The summed E-state index contributed by atoms with van der Waals surface area (Å²) in [4.78, 5) is 8.86. The molecular weight excluding hydrogens is 204 g/mol. The Morgan fingerprint density at radius 3 is 3.06 bits per heavy atom. The van der Waals surface area contributed by atoms with E-state index >= 15 is 0 Å². The molecule has 0 bridgehead atoms.